The van der Waals surface area contributed by atoms with Gasteiger partial charge in [0.25, 0.3) is 0 Å². The average molecular weight is 353 g/mol. The number of benzene rings is 2. The van der Waals surface area contributed by atoms with Gasteiger partial charge in [-0.15, -0.1) is 0 Å². The van der Waals surface area contributed by atoms with Gasteiger partial charge in [-0.25, -0.2) is 0 Å². The summed E-state index contributed by atoms with van der Waals surface area (Å²) in [6, 6.07) is 4.39. The lowest BCUT2D eigenvalue weighted by Crippen LogP contribution is -2.15. The fraction of sp³-hybridized carbons (Fsp3) is 0.500. The molecule has 2 aromatic rings. The van der Waals surface area contributed by atoms with E-state index in [2.05, 4.69) is 26.0 Å². The van der Waals surface area contributed by atoms with E-state index >= 15 is 0 Å². The standard InChI is InChI=1S/C24H32O2/c1-13-11-21(15(3)17(5)23(13)25)19-7-9-20(10-8-19)22-12-14(2)24(26)18(6)16(22)4/h11-12,19-20,25-26H,7-10H2,1-6H3. The molecule has 3 rings (SSSR count). The van der Waals surface area contributed by atoms with E-state index in [1.54, 1.807) is 0 Å². The van der Waals surface area contributed by atoms with E-state index in [9.17, 15) is 10.2 Å². The summed E-state index contributed by atoms with van der Waals surface area (Å²) in [5.41, 5.74) is 9.40. The normalized spacial score (nSPS) is 20.4. The lowest BCUT2D eigenvalue weighted by Gasteiger charge is -2.32. The van der Waals surface area contributed by atoms with Crippen molar-refractivity contribution in [3.63, 3.8) is 0 Å². The zero-order valence-corrected chi connectivity index (χ0v) is 17.0. The quantitative estimate of drug-likeness (QED) is 0.657. The predicted molar refractivity (Wildman–Crippen MR) is 109 cm³/mol. The molecule has 0 bridgehead atoms. The summed E-state index contributed by atoms with van der Waals surface area (Å²) in [6.45, 7) is 12.3. The van der Waals surface area contributed by atoms with Gasteiger partial charge in [-0.2, -0.15) is 0 Å². The monoisotopic (exact) mass is 352 g/mol. The maximum atomic E-state index is 10.2. The van der Waals surface area contributed by atoms with Crippen molar-refractivity contribution in [1.29, 1.82) is 0 Å². The first-order valence-electron chi connectivity index (χ1n) is 9.81. The third-order valence-electron chi connectivity index (χ3n) is 6.80. The van der Waals surface area contributed by atoms with Crippen LogP contribution in [0.15, 0.2) is 12.1 Å². The largest absolute Gasteiger partial charge is 0.507 e. The second-order valence-corrected chi connectivity index (χ2v) is 8.31. The van der Waals surface area contributed by atoms with Crippen LogP contribution in [0.25, 0.3) is 0 Å². The fourth-order valence-electron chi connectivity index (χ4n) is 4.76. The Labute approximate surface area is 157 Å². The Morgan fingerprint density at radius 2 is 0.885 bits per heavy atom. The SMILES string of the molecule is Cc1cc(C2CCC(c3cc(C)c(O)c(C)c3C)CC2)c(C)c(C)c1O. The third kappa shape index (κ3) is 3.11. The molecule has 0 amide bonds. The summed E-state index contributed by atoms with van der Waals surface area (Å²) in [6.07, 6.45) is 4.75. The van der Waals surface area contributed by atoms with Crippen molar-refractivity contribution >= 4 is 0 Å². The average Bonchev–Trinajstić information content (AvgIpc) is 2.64. The highest BCUT2D eigenvalue weighted by Crippen LogP contribution is 2.45. The molecule has 1 aliphatic carbocycles. The molecule has 0 aromatic heterocycles. The molecule has 0 unspecified atom stereocenters. The molecule has 0 heterocycles. The summed E-state index contributed by atoms with van der Waals surface area (Å²) >= 11 is 0. The van der Waals surface area contributed by atoms with Crippen LogP contribution in [0.1, 0.15) is 82.0 Å². The van der Waals surface area contributed by atoms with Crippen molar-refractivity contribution in [1.82, 2.24) is 0 Å². The molecule has 1 fully saturated rings. The number of hydrogen-bond donors (Lipinski definition) is 2. The van der Waals surface area contributed by atoms with E-state index in [0.29, 0.717) is 23.3 Å². The van der Waals surface area contributed by atoms with E-state index < -0.39 is 0 Å². The van der Waals surface area contributed by atoms with Gasteiger partial charge in [-0.05, 0) is 124 Å². The molecule has 0 saturated heterocycles. The lowest BCUT2D eigenvalue weighted by atomic mass is 9.73. The second kappa shape index (κ2) is 6.98. The Morgan fingerprint density at radius 3 is 1.19 bits per heavy atom. The highest BCUT2D eigenvalue weighted by atomic mass is 16.3. The number of hydrogen-bond acceptors (Lipinski definition) is 2. The van der Waals surface area contributed by atoms with E-state index in [0.717, 1.165) is 22.3 Å². The van der Waals surface area contributed by atoms with Gasteiger partial charge in [-0.1, -0.05) is 12.1 Å². The Hall–Kier alpha value is -1.96. The van der Waals surface area contributed by atoms with E-state index in [1.807, 2.05) is 27.7 Å². The molecule has 1 saturated carbocycles. The van der Waals surface area contributed by atoms with Crippen molar-refractivity contribution in [3.05, 3.63) is 56.6 Å². The minimum atomic E-state index is 0.450. The van der Waals surface area contributed by atoms with Crippen LogP contribution in [0.4, 0.5) is 0 Å². The minimum absolute atomic E-state index is 0.450. The van der Waals surface area contributed by atoms with E-state index in [-0.39, 0.29) is 0 Å². The maximum absolute atomic E-state index is 10.2. The molecule has 0 spiro atoms. The molecule has 1 aliphatic rings. The summed E-state index contributed by atoms with van der Waals surface area (Å²) < 4.78 is 0. The van der Waals surface area contributed by atoms with Crippen LogP contribution in [0, 0.1) is 41.5 Å². The highest BCUT2D eigenvalue weighted by Gasteiger charge is 2.27. The van der Waals surface area contributed by atoms with Crippen LogP contribution >= 0.6 is 0 Å². The molecule has 2 N–H and O–H groups in total. The van der Waals surface area contributed by atoms with Crippen molar-refractivity contribution in [3.8, 4) is 11.5 Å². The van der Waals surface area contributed by atoms with Gasteiger partial charge in [0.1, 0.15) is 11.5 Å². The first-order chi connectivity index (χ1) is 12.2. The van der Waals surface area contributed by atoms with Gasteiger partial charge in [0.05, 0.1) is 0 Å². The molecule has 26 heavy (non-hydrogen) atoms. The molecule has 2 nitrogen and oxygen atoms in total. The number of aryl methyl sites for hydroxylation is 2. The molecule has 0 atom stereocenters. The van der Waals surface area contributed by atoms with Gasteiger partial charge in [0.15, 0.2) is 0 Å². The molecule has 2 heteroatoms. The molecule has 0 aliphatic heterocycles. The van der Waals surface area contributed by atoms with Crippen LogP contribution in [0.5, 0.6) is 11.5 Å². The zero-order chi connectivity index (χ0) is 19.2. The van der Waals surface area contributed by atoms with Gasteiger partial charge >= 0.3 is 0 Å². The number of aromatic hydroxyl groups is 2. The Balaban J connectivity index is 1.83. The van der Waals surface area contributed by atoms with Crippen LogP contribution in [-0.2, 0) is 0 Å². The molecule has 0 radical (unpaired) electrons. The smallest absolute Gasteiger partial charge is 0.121 e. The van der Waals surface area contributed by atoms with E-state index in [1.165, 1.54) is 47.9 Å². The van der Waals surface area contributed by atoms with Crippen molar-refractivity contribution in [2.75, 3.05) is 0 Å². The molecular weight excluding hydrogens is 320 g/mol. The molecular formula is C24H32O2. The second-order valence-electron chi connectivity index (χ2n) is 8.31. The summed E-state index contributed by atoms with van der Waals surface area (Å²) in [5.74, 6) is 2.07. The molecule has 140 valence electrons. The first kappa shape index (κ1) is 18.8. The first-order valence-corrected chi connectivity index (χ1v) is 9.81. The third-order valence-corrected chi connectivity index (χ3v) is 6.80. The molecule has 2 aromatic carbocycles. The van der Waals surface area contributed by atoms with Crippen molar-refractivity contribution in [2.45, 2.75) is 79.1 Å². The Bertz CT molecular complexity index is 769. The van der Waals surface area contributed by atoms with Crippen LogP contribution in [0.3, 0.4) is 0 Å². The number of phenols is 2. The van der Waals surface area contributed by atoms with E-state index in [4.69, 9.17) is 0 Å². The van der Waals surface area contributed by atoms with Crippen LogP contribution < -0.4 is 0 Å². The lowest BCUT2D eigenvalue weighted by molar-refractivity contribution is 0.392. The summed E-state index contributed by atoms with van der Waals surface area (Å²) in [4.78, 5) is 0. The van der Waals surface area contributed by atoms with Gasteiger partial charge in [-0.3, -0.25) is 0 Å². The van der Waals surface area contributed by atoms with Crippen LogP contribution in [-0.4, -0.2) is 10.2 Å². The van der Waals surface area contributed by atoms with Gasteiger partial charge in [0.2, 0.25) is 0 Å². The minimum Gasteiger partial charge on any atom is -0.507 e. The zero-order valence-electron chi connectivity index (χ0n) is 17.0. The van der Waals surface area contributed by atoms with Crippen LogP contribution in [0.2, 0.25) is 0 Å². The number of rotatable bonds is 2. The summed E-state index contributed by atoms with van der Waals surface area (Å²) in [7, 11) is 0. The summed E-state index contributed by atoms with van der Waals surface area (Å²) in [5, 5.41) is 20.4. The van der Waals surface area contributed by atoms with Crippen molar-refractivity contribution < 1.29 is 10.2 Å². The fourth-order valence-corrected chi connectivity index (χ4v) is 4.76. The topological polar surface area (TPSA) is 40.5 Å². The van der Waals surface area contributed by atoms with Gasteiger partial charge < -0.3 is 10.2 Å². The van der Waals surface area contributed by atoms with Gasteiger partial charge in [0, 0.05) is 0 Å². The Kier molecular flexibility index (Phi) is 5.05. The number of phenolic OH excluding ortho intramolecular Hbond substituents is 2. The predicted octanol–water partition coefficient (Wildman–Crippen LogP) is 6.39. The Morgan fingerprint density at radius 1 is 0.577 bits per heavy atom. The highest BCUT2D eigenvalue weighted by molar-refractivity contribution is 5.51. The van der Waals surface area contributed by atoms with Crippen molar-refractivity contribution in [2.24, 2.45) is 0 Å². The maximum Gasteiger partial charge on any atom is 0.121 e.